The summed E-state index contributed by atoms with van der Waals surface area (Å²) in [6.07, 6.45) is 1.91. The lowest BCUT2D eigenvalue weighted by atomic mass is 10.1. The molecule has 76 heavy (non-hydrogen) atoms. The number of ether oxygens (including phenoxy) is 6. The number of unbranched alkanes of at least 4 members (excludes halogenated alkanes) is 1. The first kappa shape index (κ1) is 59.7. The second-order valence-electron chi connectivity index (χ2n) is 18.5. The van der Waals surface area contributed by atoms with Crippen LogP contribution < -0.4 is 40.2 Å². The fourth-order valence-corrected chi connectivity index (χ4v) is 10.6. The van der Waals surface area contributed by atoms with Gasteiger partial charge in [-0.2, -0.15) is 0 Å². The number of benzene rings is 4. The quantitative estimate of drug-likeness (QED) is 0.0372. The maximum absolute atomic E-state index is 14.0. The van der Waals surface area contributed by atoms with E-state index in [9.17, 15) is 35.2 Å². The zero-order chi connectivity index (χ0) is 54.5. The molecular weight excluding hydrogens is 1030 g/mol. The molecule has 4 amide bonds. The molecule has 2 aliphatic carbocycles. The van der Waals surface area contributed by atoms with Gasteiger partial charge in [-0.25, -0.2) is 44.6 Å². The van der Waals surface area contributed by atoms with Crippen molar-refractivity contribution < 1.29 is 63.6 Å². The Morgan fingerprint density at radius 1 is 0.487 bits per heavy atom. The van der Waals surface area contributed by atoms with E-state index in [0.717, 1.165) is 22.3 Å². The predicted octanol–water partition coefficient (Wildman–Crippen LogP) is 3.88. The van der Waals surface area contributed by atoms with E-state index in [-0.39, 0.29) is 125 Å². The van der Waals surface area contributed by atoms with Crippen LogP contribution in [-0.2, 0) is 51.8 Å². The van der Waals surface area contributed by atoms with Crippen molar-refractivity contribution >= 4 is 32.1 Å². The number of urea groups is 2. The number of hydrogen-bond donors (Lipinski definition) is 6. The van der Waals surface area contributed by atoms with Gasteiger partial charge in [-0.05, 0) is 138 Å². The minimum atomic E-state index is -3.80. The van der Waals surface area contributed by atoms with Crippen LogP contribution in [0.5, 0.6) is 11.5 Å². The van der Waals surface area contributed by atoms with Crippen molar-refractivity contribution in [3.05, 3.63) is 119 Å². The summed E-state index contributed by atoms with van der Waals surface area (Å²) in [4.78, 5) is 28.4. The highest BCUT2D eigenvalue weighted by molar-refractivity contribution is 7.89. The Morgan fingerprint density at radius 3 is 1.18 bits per heavy atom. The summed E-state index contributed by atoms with van der Waals surface area (Å²) in [6, 6.07) is 20.9. The summed E-state index contributed by atoms with van der Waals surface area (Å²) in [7, 11) is 0.173. The van der Waals surface area contributed by atoms with Gasteiger partial charge in [0, 0.05) is 50.4 Å². The second kappa shape index (κ2) is 29.8. The van der Waals surface area contributed by atoms with E-state index in [1.165, 1.54) is 48.5 Å². The molecule has 0 saturated heterocycles. The summed E-state index contributed by atoms with van der Waals surface area (Å²) in [5, 5.41) is 10.9. The first-order chi connectivity index (χ1) is 36.5. The van der Waals surface area contributed by atoms with Gasteiger partial charge in [0.1, 0.15) is 35.3 Å². The molecule has 0 heterocycles. The average molecular weight is 1100 g/mol. The number of carbonyl (C=O) groups is 2. The number of likely N-dealkylation sites (N-methyl/N-ethyl adjacent to an activating group) is 2. The minimum Gasteiger partial charge on any atom is -0.484 e. The van der Waals surface area contributed by atoms with Crippen molar-refractivity contribution in [1.29, 1.82) is 0 Å². The van der Waals surface area contributed by atoms with Gasteiger partial charge in [0.25, 0.3) is 0 Å². The summed E-state index contributed by atoms with van der Waals surface area (Å²) < 4.78 is 119. The fourth-order valence-electron chi connectivity index (χ4n) is 8.55. The Balaban J connectivity index is 0.688. The number of halogens is 2. The molecule has 0 aliphatic heterocycles. The van der Waals surface area contributed by atoms with E-state index in [1.54, 1.807) is 36.4 Å². The normalized spacial score (nSPS) is 17.1. The van der Waals surface area contributed by atoms with Crippen molar-refractivity contribution in [3.63, 3.8) is 0 Å². The van der Waals surface area contributed by atoms with Crippen molar-refractivity contribution in [2.24, 2.45) is 0 Å². The number of sulfonamides is 2. The molecule has 0 saturated carbocycles. The number of carbonyl (C=O) groups excluding carboxylic acids is 2. The number of nitrogens with one attached hydrogen (secondary N) is 6. The Hall–Kier alpha value is -5.54. The number of hydrogen-bond acceptors (Lipinski definition) is 14. The van der Waals surface area contributed by atoms with Crippen molar-refractivity contribution in [3.8, 4) is 11.5 Å². The van der Waals surface area contributed by atoms with Crippen LogP contribution >= 0.6 is 0 Å². The van der Waals surface area contributed by atoms with Crippen molar-refractivity contribution in [1.82, 2.24) is 40.5 Å². The van der Waals surface area contributed by atoms with E-state index < -0.39 is 32.3 Å². The van der Waals surface area contributed by atoms with Crippen LogP contribution in [0.2, 0.25) is 0 Å². The molecule has 0 radical (unpaired) electrons. The number of amides is 4. The smallest absolute Gasteiger partial charge is 0.314 e. The maximum atomic E-state index is 14.0. The Morgan fingerprint density at radius 2 is 0.829 bits per heavy atom. The van der Waals surface area contributed by atoms with Crippen LogP contribution in [0.3, 0.4) is 0 Å². The molecule has 0 spiro atoms. The lowest BCUT2D eigenvalue weighted by molar-refractivity contribution is 0.0516. The summed E-state index contributed by atoms with van der Waals surface area (Å²) >= 11 is 0. The third-order valence-corrected chi connectivity index (χ3v) is 15.5. The highest BCUT2D eigenvalue weighted by atomic mass is 32.2. The molecule has 0 fully saturated rings. The van der Waals surface area contributed by atoms with Crippen LogP contribution in [0.1, 0.15) is 47.3 Å². The van der Waals surface area contributed by atoms with Gasteiger partial charge in [0.15, 0.2) is 0 Å². The van der Waals surface area contributed by atoms with Gasteiger partial charge in [-0.3, -0.25) is 0 Å². The van der Waals surface area contributed by atoms with Crippen molar-refractivity contribution in [2.45, 2.75) is 59.8 Å². The fraction of sp³-hybridized carbons (Fsp3) is 0.500. The Bertz CT molecular complexity index is 2510. The summed E-state index contributed by atoms with van der Waals surface area (Å²) in [6.45, 7) is 3.20. The average Bonchev–Trinajstić information content (AvgIpc) is 3.95. The zero-order valence-electron chi connectivity index (χ0n) is 43.5. The highest BCUT2D eigenvalue weighted by Gasteiger charge is 2.37. The van der Waals surface area contributed by atoms with Gasteiger partial charge in [-0.15, -0.1) is 0 Å². The predicted molar refractivity (Wildman–Crippen MR) is 280 cm³/mol. The van der Waals surface area contributed by atoms with Gasteiger partial charge in [0.05, 0.1) is 74.7 Å². The van der Waals surface area contributed by atoms with Crippen LogP contribution in [0.4, 0.5) is 18.4 Å². The first-order valence-corrected chi connectivity index (χ1v) is 28.2. The number of fused-ring (bicyclic) bond motifs is 2. The van der Waals surface area contributed by atoms with E-state index in [2.05, 4.69) is 30.7 Å². The molecule has 0 aromatic heterocycles. The van der Waals surface area contributed by atoms with Gasteiger partial charge < -0.3 is 59.5 Å². The van der Waals surface area contributed by atoms with Crippen LogP contribution in [0.25, 0.3) is 0 Å². The summed E-state index contributed by atoms with van der Waals surface area (Å²) in [5.74, 6) is 0.278. The Kier molecular flexibility index (Phi) is 23.4. The molecule has 4 aromatic rings. The molecule has 0 unspecified atom stereocenters. The van der Waals surface area contributed by atoms with E-state index >= 15 is 0 Å². The molecule has 6 N–H and O–H groups in total. The monoisotopic (exact) mass is 1100 g/mol. The second-order valence-corrected chi connectivity index (χ2v) is 22.0. The molecule has 2 aliphatic rings. The van der Waals surface area contributed by atoms with E-state index in [4.69, 9.17) is 28.4 Å². The lowest BCUT2D eigenvalue weighted by Gasteiger charge is -2.27. The molecule has 4 aromatic carbocycles. The largest absolute Gasteiger partial charge is 0.484 e. The minimum absolute atomic E-state index is 0.000486. The Labute approximate surface area is 444 Å². The molecule has 20 nitrogen and oxygen atoms in total. The van der Waals surface area contributed by atoms with Crippen molar-refractivity contribution in [2.75, 3.05) is 120 Å². The topological polar surface area (TPSA) is 236 Å². The molecule has 6 rings (SSSR count). The highest BCUT2D eigenvalue weighted by Crippen LogP contribution is 2.39. The number of rotatable bonds is 33. The van der Waals surface area contributed by atoms with Crippen LogP contribution in [0, 0.1) is 11.6 Å². The van der Waals surface area contributed by atoms with E-state index in [0.29, 0.717) is 50.3 Å². The maximum Gasteiger partial charge on any atom is 0.314 e. The molecule has 24 heteroatoms. The molecular formula is C52H72F2N8O12S2. The summed E-state index contributed by atoms with van der Waals surface area (Å²) in [5.41, 5.74) is 3.61. The lowest BCUT2D eigenvalue weighted by Crippen LogP contribution is -2.39. The molecule has 418 valence electrons. The van der Waals surface area contributed by atoms with E-state index in [1.807, 2.05) is 38.0 Å². The van der Waals surface area contributed by atoms with Crippen LogP contribution in [0.15, 0.2) is 94.7 Å². The zero-order valence-corrected chi connectivity index (χ0v) is 45.1. The third kappa shape index (κ3) is 18.6. The SMILES string of the molecule is CN(C)[C@H]1Cc2ccc(F)cc2[C@@H]1Oc1ccc(S(=O)(=O)NCCOCCOCCNC(=O)NCCCCNC(=O)NCCOCCOCCNS(=O)(=O)c2ccc(O[C@H]3c4cc(F)ccc4C[C@@H]3N(C)C)cc2)cc1. The number of nitrogens with zero attached hydrogens (tertiary/aromatic N) is 2. The van der Waals surface area contributed by atoms with Gasteiger partial charge in [0.2, 0.25) is 20.0 Å². The van der Waals surface area contributed by atoms with Crippen LogP contribution in [-0.4, -0.2) is 171 Å². The molecule has 0 bridgehead atoms. The van der Waals surface area contributed by atoms with Gasteiger partial charge >= 0.3 is 12.1 Å². The third-order valence-electron chi connectivity index (χ3n) is 12.6. The molecule has 4 atom stereocenters. The first-order valence-electron chi connectivity index (χ1n) is 25.3. The standard InChI is InChI=1S/C52H72F2N8O12S2/c1-61(2)47-33-37-7-9-39(53)35-45(37)49(47)73-41-11-15-43(16-12-41)75(65,66)59-23-27-71-31-29-69-25-21-57-51(63)55-19-5-6-20-56-52(64)58-22-26-70-30-32-72-28-24-60-76(67,68)44-17-13-42(14-18-44)74-50-46-36-40(54)10-8-38(46)34-48(50)62(3)4/h7-18,35-36,47-50,59-60H,5-6,19-34H2,1-4H3,(H2,55,57,63)(H2,56,58,64)/t47-,48-,49-,50-/m0/s1. The van der Waals surface area contributed by atoms with Gasteiger partial charge in [-0.1, -0.05) is 12.1 Å².